The highest BCUT2D eigenvalue weighted by atomic mass is 16.2. The Balaban J connectivity index is 1.76. The fourth-order valence-electron chi connectivity index (χ4n) is 3.47. The molecule has 1 amide bonds. The second kappa shape index (κ2) is 5.66. The van der Waals surface area contributed by atoms with E-state index in [1.54, 1.807) is 6.08 Å². The quantitative estimate of drug-likeness (QED) is 0.798. The van der Waals surface area contributed by atoms with E-state index in [9.17, 15) is 4.79 Å². The van der Waals surface area contributed by atoms with Gasteiger partial charge in [0.2, 0.25) is 5.91 Å². The fraction of sp³-hybridized carbons (Fsp3) is 0.647. The van der Waals surface area contributed by atoms with E-state index in [0.717, 1.165) is 17.0 Å². The van der Waals surface area contributed by atoms with Gasteiger partial charge in [0.15, 0.2) is 0 Å². The highest BCUT2D eigenvalue weighted by Gasteiger charge is 2.37. The Labute approximate surface area is 126 Å². The maximum atomic E-state index is 12.6. The molecule has 0 aliphatic heterocycles. The number of amides is 1. The minimum Gasteiger partial charge on any atom is -0.333 e. The van der Waals surface area contributed by atoms with Gasteiger partial charge in [-0.05, 0) is 45.6 Å². The van der Waals surface area contributed by atoms with Crippen molar-refractivity contribution in [3.8, 4) is 0 Å². The molecule has 2 fully saturated rings. The van der Waals surface area contributed by atoms with Crippen molar-refractivity contribution >= 4 is 12.0 Å². The Bertz CT molecular complexity index is 563. The topological polar surface area (TPSA) is 38.1 Å². The zero-order valence-electron chi connectivity index (χ0n) is 13.3. The third-order valence-corrected chi connectivity index (χ3v) is 4.87. The summed E-state index contributed by atoms with van der Waals surface area (Å²) < 4.78 is 1.87. The van der Waals surface area contributed by atoms with Crippen LogP contribution >= 0.6 is 0 Å². The van der Waals surface area contributed by atoms with Crippen molar-refractivity contribution in [1.29, 1.82) is 0 Å². The molecule has 0 radical (unpaired) electrons. The van der Waals surface area contributed by atoms with Crippen molar-refractivity contribution in [2.24, 2.45) is 7.05 Å². The van der Waals surface area contributed by atoms with Gasteiger partial charge in [-0.2, -0.15) is 5.10 Å². The molecule has 2 aliphatic carbocycles. The highest BCUT2D eigenvalue weighted by molar-refractivity contribution is 5.92. The van der Waals surface area contributed by atoms with Crippen LogP contribution in [0.3, 0.4) is 0 Å². The number of carbonyl (C=O) groups excluding carboxylic acids is 1. The SMILES string of the molecule is Cc1nn(C)c(C)c1/C=C/C(=O)N(C1CCCC1)C1CC1. The maximum absolute atomic E-state index is 12.6. The molecule has 0 N–H and O–H groups in total. The summed E-state index contributed by atoms with van der Waals surface area (Å²) in [6, 6.07) is 0.979. The molecule has 2 aliphatic rings. The Kier molecular flexibility index (Phi) is 3.87. The molecule has 4 heteroatoms. The minimum absolute atomic E-state index is 0.187. The van der Waals surface area contributed by atoms with Gasteiger partial charge in [-0.3, -0.25) is 9.48 Å². The van der Waals surface area contributed by atoms with Crippen LogP contribution < -0.4 is 0 Å². The summed E-state index contributed by atoms with van der Waals surface area (Å²) in [6.45, 7) is 4.03. The van der Waals surface area contributed by atoms with Gasteiger partial charge in [0.1, 0.15) is 0 Å². The van der Waals surface area contributed by atoms with Gasteiger partial charge in [0.05, 0.1) is 5.69 Å². The summed E-state index contributed by atoms with van der Waals surface area (Å²) in [5.41, 5.74) is 3.17. The smallest absolute Gasteiger partial charge is 0.247 e. The molecule has 0 unspecified atom stereocenters. The molecule has 4 nitrogen and oxygen atoms in total. The van der Waals surface area contributed by atoms with Gasteiger partial charge >= 0.3 is 0 Å². The lowest BCUT2D eigenvalue weighted by Crippen LogP contribution is -2.39. The first kappa shape index (κ1) is 14.4. The number of aryl methyl sites for hydroxylation is 2. The summed E-state index contributed by atoms with van der Waals surface area (Å²) in [4.78, 5) is 14.8. The summed E-state index contributed by atoms with van der Waals surface area (Å²) in [6.07, 6.45) is 11.0. The van der Waals surface area contributed by atoms with Crippen LogP contribution in [0.25, 0.3) is 6.08 Å². The molecular weight excluding hydrogens is 262 g/mol. The Morgan fingerprint density at radius 2 is 1.81 bits per heavy atom. The van der Waals surface area contributed by atoms with Crippen LogP contribution in [-0.4, -0.2) is 32.7 Å². The van der Waals surface area contributed by atoms with Crippen molar-refractivity contribution < 1.29 is 4.79 Å². The van der Waals surface area contributed by atoms with Gasteiger partial charge in [-0.1, -0.05) is 12.8 Å². The molecule has 1 aromatic heterocycles. The second-order valence-corrected chi connectivity index (χ2v) is 6.46. The van der Waals surface area contributed by atoms with E-state index in [1.807, 2.05) is 31.7 Å². The summed E-state index contributed by atoms with van der Waals surface area (Å²) in [5.74, 6) is 0.187. The number of carbonyl (C=O) groups is 1. The predicted molar refractivity (Wildman–Crippen MR) is 83.8 cm³/mol. The summed E-state index contributed by atoms with van der Waals surface area (Å²) in [7, 11) is 1.94. The molecule has 0 spiro atoms. The van der Waals surface area contributed by atoms with Crippen LogP contribution in [0.1, 0.15) is 55.5 Å². The number of rotatable bonds is 4. The van der Waals surface area contributed by atoms with Crippen LogP contribution in [0.15, 0.2) is 6.08 Å². The Morgan fingerprint density at radius 3 is 2.33 bits per heavy atom. The van der Waals surface area contributed by atoms with Gasteiger partial charge in [0.25, 0.3) is 0 Å². The first-order valence-electron chi connectivity index (χ1n) is 8.08. The van der Waals surface area contributed by atoms with E-state index in [-0.39, 0.29) is 5.91 Å². The van der Waals surface area contributed by atoms with E-state index in [4.69, 9.17) is 0 Å². The van der Waals surface area contributed by atoms with E-state index in [1.165, 1.54) is 38.5 Å². The predicted octanol–water partition coefficient (Wildman–Crippen LogP) is 2.98. The Morgan fingerprint density at radius 1 is 1.19 bits per heavy atom. The van der Waals surface area contributed by atoms with Crippen LogP contribution in [-0.2, 0) is 11.8 Å². The molecule has 3 rings (SSSR count). The number of aromatic nitrogens is 2. The van der Waals surface area contributed by atoms with Crippen molar-refractivity contribution in [2.45, 2.75) is 64.5 Å². The minimum atomic E-state index is 0.187. The molecule has 2 saturated carbocycles. The number of hydrogen-bond donors (Lipinski definition) is 0. The van der Waals surface area contributed by atoms with Crippen molar-refractivity contribution in [3.05, 3.63) is 23.0 Å². The lowest BCUT2D eigenvalue weighted by Gasteiger charge is -2.27. The third-order valence-electron chi connectivity index (χ3n) is 4.87. The monoisotopic (exact) mass is 287 g/mol. The van der Waals surface area contributed by atoms with E-state index >= 15 is 0 Å². The molecule has 0 bridgehead atoms. The molecule has 1 aromatic rings. The fourth-order valence-corrected chi connectivity index (χ4v) is 3.47. The maximum Gasteiger partial charge on any atom is 0.247 e. The summed E-state index contributed by atoms with van der Waals surface area (Å²) >= 11 is 0. The van der Waals surface area contributed by atoms with E-state index < -0.39 is 0 Å². The Hall–Kier alpha value is -1.58. The molecule has 114 valence electrons. The normalized spacial score (nSPS) is 19.6. The standard InChI is InChI=1S/C17H25N3O/c1-12-16(13(2)19(3)18-12)10-11-17(21)20(15-8-9-15)14-6-4-5-7-14/h10-11,14-15H,4-9H2,1-3H3/b11-10+. The lowest BCUT2D eigenvalue weighted by atomic mass is 10.1. The molecule has 0 aromatic carbocycles. The van der Waals surface area contributed by atoms with Crippen LogP contribution in [0.4, 0.5) is 0 Å². The van der Waals surface area contributed by atoms with Crippen LogP contribution in [0, 0.1) is 13.8 Å². The van der Waals surface area contributed by atoms with Crippen LogP contribution in [0.2, 0.25) is 0 Å². The molecule has 1 heterocycles. The van der Waals surface area contributed by atoms with Crippen molar-refractivity contribution in [1.82, 2.24) is 14.7 Å². The molecule has 21 heavy (non-hydrogen) atoms. The average Bonchev–Trinajstić information content (AvgIpc) is 3.06. The zero-order valence-corrected chi connectivity index (χ0v) is 13.3. The lowest BCUT2D eigenvalue weighted by molar-refractivity contribution is -0.128. The van der Waals surface area contributed by atoms with E-state index in [0.29, 0.717) is 12.1 Å². The van der Waals surface area contributed by atoms with Gasteiger partial charge in [0, 0.05) is 36.5 Å². The van der Waals surface area contributed by atoms with Gasteiger partial charge in [-0.15, -0.1) is 0 Å². The molecular formula is C17H25N3O. The number of hydrogen-bond acceptors (Lipinski definition) is 2. The van der Waals surface area contributed by atoms with Crippen molar-refractivity contribution in [3.63, 3.8) is 0 Å². The largest absolute Gasteiger partial charge is 0.333 e. The second-order valence-electron chi connectivity index (χ2n) is 6.46. The first-order valence-corrected chi connectivity index (χ1v) is 8.08. The first-order chi connectivity index (χ1) is 10.1. The van der Waals surface area contributed by atoms with E-state index in [2.05, 4.69) is 10.00 Å². The number of nitrogens with zero attached hydrogens (tertiary/aromatic N) is 3. The molecule has 0 saturated heterocycles. The van der Waals surface area contributed by atoms with Crippen LogP contribution in [0.5, 0.6) is 0 Å². The molecule has 0 atom stereocenters. The van der Waals surface area contributed by atoms with Gasteiger partial charge in [-0.25, -0.2) is 0 Å². The average molecular weight is 287 g/mol. The third kappa shape index (κ3) is 2.89. The summed E-state index contributed by atoms with van der Waals surface area (Å²) in [5, 5.41) is 4.40. The highest BCUT2D eigenvalue weighted by Crippen LogP contribution is 2.34. The van der Waals surface area contributed by atoms with Crippen molar-refractivity contribution in [2.75, 3.05) is 0 Å². The zero-order chi connectivity index (χ0) is 15.0. The van der Waals surface area contributed by atoms with Gasteiger partial charge < -0.3 is 4.90 Å².